The maximum atomic E-state index is 11.1. The molecule has 0 amide bonds. The molecule has 0 radical (unpaired) electrons. The molecule has 1 aromatic carbocycles. The second-order valence-corrected chi connectivity index (χ2v) is 6.22. The topological polar surface area (TPSA) is 40.5 Å². The van der Waals surface area contributed by atoms with Gasteiger partial charge in [-0.2, -0.15) is 0 Å². The molecule has 1 saturated heterocycles. The lowest BCUT2D eigenvalue weighted by molar-refractivity contribution is -0.138. The third-order valence-corrected chi connectivity index (χ3v) is 4.14. The second kappa shape index (κ2) is 5.74. The van der Waals surface area contributed by atoms with Crippen LogP contribution in [0.1, 0.15) is 44.7 Å². The molecule has 1 aliphatic heterocycles. The molecule has 0 saturated carbocycles. The summed E-state index contributed by atoms with van der Waals surface area (Å²) in [5.41, 5.74) is 1.51. The number of carbonyl (C=O) groups is 1. The molecule has 19 heavy (non-hydrogen) atoms. The van der Waals surface area contributed by atoms with Gasteiger partial charge in [-0.3, -0.25) is 9.69 Å². The highest BCUT2D eigenvalue weighted by atomic mass is 16.4. The van der Waals surface area contributed by atoms with Crippen LogP contribution >= 0.6 is 0 Å². The Hall–Kier alpha value is -1.35. The number of piperidine rings is 1. The summed E-state index contributed by atoms with van der Waals surface area (Å²) in [5.74, 6) is -0.723. The summed E-state index contributed by atoms with van der Waals surface area (Å²) in [5, 5.41) is 9.15. The van der Waals surface area contributed by atoms with Crippen LogP contribution < -0.4 is 0 Å². The molecular formula is C16H23NO2. The summed E-state index contributed by atoms with van der Waals surface area (Å²) in [7, 11) is 0. The first-order chi connectivity index (χ1) is 8.98. The molecule has 1 aliphatic rings. The molecule has 0 aromatic heterocycles. The van der Waals surface area contributed by atoms with Crippen LogP contribution in [0.2, 0.25) is 0 Å². The minimum atomic E-state index is -0.723. The van der Waals surface area contributed by atoms with Crippen LogP contribution in [0, 0.1) is 5.41 Å². The molecule has 0 spiro atoms. The number of aliphatic carboxylic acids is 1. The van der Waals surface area contributed by atoms with Gasteiger partial charge in [0.25, 0.3) is 0 Å². The van der Waals surface area contributed by atoms with Crippen molar-refractivity contribution in [2.24, 2.45) is 5.41 Å². The summed E-state index contributed by atoms with van der Waals surface area (Å²) in [6, 6.07) is 10.0. The Kier molecular flexibility index (Phi) is 4.25. The summed E-state index contributed by atoms with van der Waals surface area (Å²) in [6.45, 7) is 6.55. The van der Waals surface area contributed by atoms with E-state index in [9.17, 15) is 4.79 Å². The van der Waals surface area contributed by atoms with E-state index < -0.39 is 5.97 Å². The number of rotatable bonds is 4. The van der Waals surface area contributed by atoms with Gasteiger partial charge in [0.15, 0.2) is 0 Å². The van der Waals surface area contributed by atoms with Gasteiger partial charge >= 0.3 is 5.97 Å². The Labute approximate surface area is 115 Å². The number of benzene rings is 1. The van der Waals surface area contributed by atoms with Gasteiger partial charge in [0, 0.05) is 6.04 Å². The van der Waals surface area contributed by atoms with Crippen molar-refractivity contribution in [2.45, 2.75) is 39.2 Å². The van der Waals surface area contributed by atoms with E-state index in [0.29, 0.717) is 5.41 Å². The average Bonchev–Trinajstić information content (AvgIpc) is 2.37. The lowest BCUT2D eigenvalue weighted by Crippen LogP contribution is -2.40. The zero-order valence-electron chi connectivity index (χ0n) is 11.8. The van der Waals surface area contributed by atoms with Gasteiger partial charge in [-0.05, 0) is 36.9 Å². The van der Waals surface area contributed by atoms with Gasteiger partial charge in [0.2, 0.25) is 0 Å². The van der Waals surface area contributed by atoms with E-state index in [1.807, 2.05) is 30.3 Å². The van der Waals surface area contributed by atoms with Crippen LogP contribution in [-0.2, 0) is 4.79 Å². The fourth-order valence-electron chi connectivity index (χ4n) is 2.74. The Morgan fingerprint density at radius 1 is 1.26 bits per heavy atom. The van der Waals surface area contributed by atoms with Crippen molar-refractivity contribution in [2.75, 3.05) is 13.1 Å². The van der Waals surface area contributed by atoms with Gasteiger partial charge in [-0.15, -0.1) is 0 Å². The molecule has 1 atom stereocenters. The highest BCUT2D eigenvalue weighted by Gasteiger charge is 2.30. The van der Waals surface area contributed by atoms with Crippen molar-refractivity contribution in [3.8, 4) is 0 Å². The zero-order chi connectivity index (χ0) is 13.9. The van der Waals surface area contributed by atoms with Crippen LogP contribution in [0.15, 0.2) is 30.3 Å². The van der Waals surface area contributed by atoms with Crippen molar-refractivity contribution in [3.05, 3.63) is 35.9 Å². The summed E-state index contributed by atoms with van der Waals surface area (Å²) in [6.07, 6.45) is 2.45. The molecule has 1 aromatic rings. The lowest BCUT2D eigenvalue weighted by atomic mass is 9.81. The normalized spacial score (nSPS) is 20.9. The molecule has 0 aliphatic carbocycles. The van der Waals surface area contributed by atoms with Crippen molar-refractivity contribution >= 4 is 5.97 Å². The zero-order valence-corrected chi connectivity index (χ0v) is 11.8. The Morgan fingerprint density at radius 2 is 1.84 bits per heavy atom. The van der Waals surface area contributed by atoms with Crippen molar-refractivity contribution < 1.29 is 9.90 Å². The standard InChI is InChI=1S/C16H23NO2/c1-16(2)8-10-17(11-9-16)14(12-15(18)19)13-6-4-3-5-7-13/h3-7,14H,8-12H2,1-2H3,(H,18,19). The monoisotopic (exact) mass is 261 g/mol. The molecule has 1 N–H and O–H groups in total. The minimum Gasteiger partial charge on any atom is -0.481 e. The fourth-order valence-corrected chi connectivity index (χ4v) is 2.74. The molecule has 3 nitrogen and oxygen atoms in total. The number of likely N-dealkylation sites (tertiary alicyclic amines) is 1. The first kappa shape index (κ1) is 14.1. The van der Waals surface area contributed by atoms with Crippen LogP contribution in [0.4, 0.5) is 0 Å². The Bertz CT molecular complexity index is 418. The maximum absolute atomic E-state index is 11.1. The largest absolute Gasteiger partial charge is 0.481 e. The van der Waals surface area contributed by atoms with Crippen LogP contribution in [-0.4, -0.2) is 29.1 Å². The molecule has 1 heterocycles. The molecule has 3 heteroatoms. The summed E-state index contributed by atoms with van der Waals surface area (Å²) >= 11 is 0. The predicted molar refractivity (Wildman–Crippen MR) is 76.0 cm³/mol. The molecule has 0 bridgehead atoms. The molecule has 1 fully saturated rings. The number of nitrogens with zero attached hydrogens (tertiary/aromatic N) is 1. The maximum Gasteiger partial charge on any atom is 0.305 e. The molecule has 1 unspecified atom stereocenters. The van der Waals surface area contributed by atoms with E-state index in [1.165, 1.54) is 0 Å². The second-order valence-electron chi connectivity index (χ2n) is 6.22. The van der Waals surface area contributed by atoms with Gasteiger partial charge in [-0.1, -0.05) is 44.2 Å². The first-order valence-corrected chi connectivity index (χ1v) is 6.99. The number of carboxylic acid groups (broad SMARTS) is 1. The van der Waals surface area contributed by atoms with Gasteiger partial charge < -0.3 is 5.11 Å². The number of hydrogen-bond donors (Lipinski definition) is 1. The van der Waals surface area contributed by atoms with Gasteiger partial charge in [0.05, 0.1) is 6.42 Å². The Balaban J connectivity index is 2.13. The third kappa shape index (κ3) is 3.80. The van der Waals surface area contributed by atoms with Crippen molar-refractivity contribution in [1.29, 1.82) is 0 Å². The van der Waals surface area contributed by atoms with Crippen LogP contribution in [0.5, 0.6) is 0 Å². The van der Waals surface area contributed by atoms with E-state index in [0.717, 1.165) is 31.5 Å². The highest BCUT2D eigenvalue weighted by Crippen LogP contribution is 2.35. The highest BCUT2D eigenvalue weighted by molar-refractivity contribution is 5.68. The van der Waals surface area contributed by atoms with E-state index in [-0.39, 0.29) is 12.5 Å². The van der Waals surface area contributed by atoms with Crippen molar-refractivity contribution in [3.63, 3.8) is 0 Å². The third-order valence-electron chi connectivity index (χ3n) is 4.14. The first-order valence-electron chi connectivity index (χ1n) is 6.99. The average molecular weight is 261 g/mol. The fraction of sp³-hybridized carbons (Fsp3) is 0.562. The lowest BCUT2D eigenvalue weighted by Gasteiger charge is -2.40. The molecule has 2 rings (SSSR count). The van der Waals surface area contributed by atoms with Crippen molar-refractivity contribution in [1.82, 2.24) is 4.90 Å². The predicted octanol–water partition coefficient (Wildman–Crippen LogP) is 3.32. The molecular weight excluding hydrogens is 238 g/mol. The Morgan fingerprint density at radius 3 is 2.37 bits per heavy atom. The van der Waals surface area contributed by atoms with E-state index in [2.05, 4.69) is 18.7 Å². The summed E-state index contributed by atoms with van der Waals surface area (Å²) in [4.78, 5) is 13.5. The smallest absolute Gasteiger partial charge is 0.305 e. The summed E-state index contributed by atoms with van der Waals surface area (Å²) < 4.78 is 0. The number of hydrogen-bond acceptors (Lipinski definition) is 2. The molecule has 104 valence electrons. The van der Waals surface area contributed by atoms with E-state index in [1.54, 1.807) is 0 Å². The van der Waals surface area contributed by atoms with E-state index >= 15 is 0 Å². The van der Waals surface area contributed by atoms with Crippen LogP contribution in [0.3, 0.4) is 0 Å². The van der Waals surface area contributed by atoms with Crippen LogP contribution in [0.25, 0.3) is 0 Å². The number of carboxylic acids is 1. The van der Waals surface area contributed by atoms with Gasteiger partial charge in [-0.25, -0.2) is 0 Å². The quantitative estimate of drug-likeness (QED) is 0.903. The minimum absolute atomic E-state index is 0.00907. The van der Waals surface area contributed by atoms with E-state index in [4.69, 9.17) is 5.11 Å². The SMILES string of the molecule is CC1(C)CCN(C(CC(=O)O)c2ccccc2)CC1. The van der Waals surface area contributed by atoms with Gasteiger partial charge in [0.1, 0.15) is 0 Å².